The molecule has 1 aromatic rings. The summed E-state index contributed by atoms with van der Waals surface area (Å²) in [4.78, 5) is 10.0. The lowest BCUT2D eigenvalue weighted by Crippen LogP contribution is -2.11. The first-order chi connectivity index (χ1) is 7.66. The highest BCUT2D eigenvalue weighted by molar-refractivity contribution is 6.32. The van der Waals surface area contributed by atoms with Crippen molar-refractivity contribution in [3.05, 3.63) is 33.3 Å². The number of nitro groups is 1. The van der Waals surface area contributed by atoms with E-state index in [2.05, 4.69) is 0 Å². The number of benzene rings is 1. The summed E-state index contributed by atoms with van der Waals surface area (Å²) in [6.07, 6.45) is 4.63. The third-order valence-electron chi connectivity index (χ3n) is 2.72. The molecule has 0 amide bonds. The smallest absolute Gasteiger partial charge is 0.271 e. The Morgan fingerprint density at radius 3 is 2.62 bits per heavy atom. The van der Waals surface area contributed by atoms with E-state index in [-0.39, 0.29) is 11.8 Å². The monoisotopic (exact) mass is 241 g/mol. The Morgan fingerprint density at radius 1 is 1.38 bits per heavy atom. The fourth-order valence-electron chi connectivity index (χ4n) is 1.88. The van der Waals surface area contributed by atoms with Crippen LogP contribution in [0.4, 0.5) is 5.69 Å². The molecule has 0 N–H and O–H groups in total. The molecule has 0 aromatic heterocycles. The summed E-state index contributed by atoms with van der Waals surface area (Å²) >= 11 is 5.92. The van der Waals surface area contributed by atoms with Crippen molar-refractivity contribution < 1.29 is 9.66 Å². The second-order valence-electron chi connectivity index (χ2n) is 3.90. The van der Waals surface area contributed by atoms with E-state index in [4.69, 9.17) is 16.3 Å². The highest BCUT2D eigenvalue weighted by atomic mass is 35.5. The SMILES string of the molecule is O=[N+]([O-])c1ccc(OC2CCCC2)c(Cl)c1. The van der Waals surface area contributed by atoms with Crippen LogP contribution >= 0.6 is 11.6 Å². The average Bonchev–Trinajstić information content (AvgIpc) is 2.73. The highest BCUT2D eigenvalue weighted by Gasteiger charge is 2.18. The van der Waals surface area contributed by atoms with Gasteiger partial charge in [0.2, 0.25) is 0 Å². The van der Waals surface area contributed by atoms with Crippen molar-refractivity contribution in [2.24, 2.45) is 0 Å². The topological polar surface area (TPSA) is 52.4 Å². The molecule has 0 spiro atoms. The zero-order valence-electron chi connectivity index (χ0n) is 8.69. The molecule has 1 aliphatic rings. The van der Waals surface area contributed by atoms with Crippen LogP contribution in [0.5, 0.6) is 5.75 Å². The van der Waals surface area contributed by atoms with Crippen molar-refractivity contribution in [3.8, 4) is 5.75 Å². The number of nitro benzene ring substituents is 1. The molecular weight excluding hydrogens is 230 g/mol. The van der Waals surface area contributed by atoms with Gasteiger partial charge >= 0.3 is 0 Å². The van der Waals surface area contributed by atoms with Crippen molar-refractivity contribution in [2.75, 3.05) is 0 Å². The summed E-state index contributed by atoms with van der Waals surface area (Å²) in [5.74, 6) is 0.541. The molecule has 0 atom stereocenters. The van der Waals surface area contributed by atoms with E-state index in [0.717, 1.165) is 12.8 Å². The van der Waals surface area contributed by atoms with Crippen molar-refractivity contribution in [1.29, 1.82) is 0 Å². The zero-order valence-corrected chi connectivity index (χ0v) is 9.44. The van der Waals surface area contributed by atoms with Crippen LogP contribution in [-0.4, -0.2) is 11.0 Å². The molecule has 1 aromatic carbocycles. The molecule has 0 saturated heterocycles. The molecule has 86 valence electrons. The Morgan fingerprint density at radius 2 is 2.06 bits per heavy atom. The number of nitrogens with zero attached hydrogens (tertiary/aromatic N) is 1. The number of non-ortho nitro benzene ring substituents is 1. The van der Waals surface area contributed by atoms with Crippen LogP contribution in [0.3, 0.4) is 0 Å². The fraction of sp³-hybridized carbons (Fsp3) is 0.455. The standard InChI is InChI=1S/C11H12ClNO3/c12-10-7-8(13(14)15)5-6-11(10)16-9-3-1-2-4-9/h5-7,9H,1-4H2. The molecule has 5 heteroatoms. The van der Waals surface area contributed by atoms with Gasteiger partial charge in [-0.2, -0.15) is 0 Å². The van der Waals surface area contributed by atoms with E-state index in [9.17, 15) is 10.1 Å². The summed E-state index contributed by atoms with van der Waals surface area (Å²) < 4.78 is 5.69. The lowest BCUT2D eigenvalue weighted by molar-refractivity contribution is -0.384. The molecule has 0 aliphatic heterocycles. The van der Waals surface area contributed by atoms with Gasteiger partial charge in [-0.1, -0.05) is 11.6 Å². The Labute approximate surface area is 98.3 Å². The summed E-state index contributed by atoms with van der Waals surface area (Å²) in [5.41, 5.74) is -0.0104. The summed E-state index contributed by atoms with van der Waals surface area (Å²) in [5, 5.41) is 10.8. The normalized spacial score (nSPS) is 16.3. The maximum atomic E-state index is 10.5. The lowest BCUT2D eigenvalue weighted by atomic mass is 10.3. The predicted octanol–water partition coefficient (Wildman–Crippen LogP) is 3.57. The van der Waals surface area contributed by atoms with E-state index < -0.39 is 4.92 Å². The first kappa shape index (κ1) is 11.2. The maximum absolute atomic E-state index is 10.5. The molecule has 0 bridgehead atoms. The van der Waals surface area contributed by atoms with E-state index in [1.165, 1.54) is 25.0 Å². The van der Waals surface area contributed by atoms with Gasteiger partial charge in [0.25, 0.3) is 5.69 Å². The average molecular weight is 242 g/mol. The van der Waals surface area contributed by atoms with Gasteiger partial charge < -0.3 is 4.74 Å². The molecule has 0 radical (unpaired) electrons. The molecule has 4 nitrogen and oxygen atoms in total. The van der Waals surface area contributed by atoms with Gasteiger partial charge in [-0.3, -0.25) is 10.1 Å². The Hall–Kier alpha value is -1.29. The van der Waals surface area contributed by atoms with Crippen LogP contribution < -0.4 is 4.74 Å². The minimum absolute atomic E-state index is 0.0104. The molecule has 1 aliphatic carbocycles. The fourth-order valence-corrected chi connectivity index (χ4v) is 2.10. The van der Waals surface area contributed by atoms with Gasteiger partial charge in [0, 0.05) is 12.1 Å². The number of ether oxygens (including phenoxy) is 1. The Balaban J connectivity index is 2.12. The van der Waals surface area contributed by atoms with Gasteiger partial charge in [0.05, 0.1) is 16.0 Å². The first-order valence-corrected chi connectivity index (χ1v) is 5.65. The second kappa shape index (κ2) is 4.70. The van der Waals surface area contributed by atoms with E-state index in [1.807, 2.05) is 0 Å². The zero-order chi connectivity index (χ0) is 11.5. The minimum atomic E-state index is -0.467. The van der Waals surface area contributed by atoms with Crippen molar-refractivity contribution in [3.63, 3.8) is 0 Å². The van der Waals surface area contributed by atoms with Gasteiger partial charge in [0.15, 0.2) is 0 Å². The summed E-state index contributed by atoms with van der Waals surface area (Å²) in [6.45, 7) is 0. The van der Waals surface area contributed by atoms with E-state index in [1.54, 1.807) is 6.07 Å². The molecule has 1 saturated carbocycles. The lowest BCUT2D eigenvalue weighted by Gasteiger charge is -2.13. The third-order valence-corrected chi connectivity index (χ3v) is 3.02. The van der Waals surface area contributed by atoms with E-state index in [0.29, 0.717) is 10.8 Å². The van der Waals surface area contributed by atoms with Gasteiger partial charge in [0.1, 0.15) is 5.75 Å². The highest BCUT2D eigenvalue weighted by Crippen LogP contribution is 2.32. The van der Waals surface area contributed by atoms with Crippen LogP contribution in [0.2, 0.25) is 5.02 Å². The summed E-state index contributed by atoms with van der Waals surface area (Å²) in [7, 11) is 0. The Kier molecular flexibility index (Phi) is 3.29. The maximum Gasteiger partial charge on any atom is 0.271 e. The molecular formula is C11H12ClNO3. The quantitative estimate of drug-likeness (QED) is 0.600. The molecule has 2 rings (SSSR count). The third kappa shape index (κ3) is 2.44. The number of hydrogen-bond donors (Lipinski definition) is 0. The van der Waals surface area contributed by atoms with Crippen LogP contribution in [-0.2, 0) is 0 Å². The van der Waals surface area contributed by atoms with Crippen LogP contribution in [0.25, 0.3) is 0 Å². The first-order valence-electron chi connectivity index (χ1n) is 5.27. The van der Waals surface area contributed by atoms with Crippen LogP contribution in [0, 0.1) is 10.1 Å². The van der Waals surface area contributed by atoms with Gasteiger partial charge in [-0.15, -0.1) is 0 Å². The van der Waals surface area contributed by atoms with Crippen molar-refractivity contribution in [2.45, 2.75) is 31.8 Å². The Bertz CT molecular complexity index is 402. The molecule has 0 unspecified atom stereocenters. The number of halogens is 1. The molecule has 0 heterocycles. The van der Waals surface area contributed by atoms with Crippen LogP contribution in [0.15, 0.2) is 18.2 Å². The largest absolute Gasteiger partial charge is 0.489 e. The summed E-state index contributed by atoms with van der Waals surface area (Å²) in [6, 6.07) is 4.31. The van der Waals surface area contributed by atoms with E-state index >= 15 is 0 Å². The van der Waals surface area contributed by atoms with Crippen molar-refractivity contribution in [1.82, 2.24) is 0 Å². The predicted molar refractivity (Wildman–Crippen MR) is 61.0 cm³/mol. The second-order valence-corrected chi connectivity index (χ2v) is 4.30. The van der Waals surface area contributed by atoms with Crippen molar-refractivity contribution >= 4 is 17.3 Å². The molecule has 1 fully saturated rings. The molecule has 16 heavy (non-hydrogen) atoms. The van der Waals surface area contributed by atoms with Gasteiger partial charge in [-0.25, -0.2) is 0 Å². The minimum Gasteiger partial charge on any atom is -0.489 e. The van der Waals surface area contributed by atoms with Gasteiger partial charge in [-0.05, 0) is 31.7 Å². The number of hydrogen-bond acceptors (Lipinski definition) is 3. The number of rotatable bonds is 3. The van der Waals surface area contributed by atoms with Crippen LogP contribution in [0.1, 0.15) is 25.7 Å².